The molecule has 336 valence electrons. The molecule has 0 fully saturated rings. The summed E-state index contributed by atoms with van der Waals surface area (Å²) in [6.45, 7) is 1.43. The maximum Gasteiger partial charge on any atom is 0.416 e. The van der Waals surface area contributed by atoms with Gasteiger partial charge in [-0.2, -0.15) is 36.9 Å². The summed E-state index contributed by atoms with van der Waals surface area (Å²) < 4.78 is 82.3. The number of aromatic nitrogens is 2. The largest absolute Gasteiger partial charge is 0.416 e. The number of rotatable bonds is 12. The van der Waals surface area contributed by atoms with Gasteiger partial charge in [-0.1, -0.05) is 24.3 Å². The standard InChI is InChI=1S/C44H39F6N11O4/c45-43(46,47)27-5-1-7-31(17-27)60-33-23-58(39(62)35(33)37(56-41(60)64)25-9-11-29(19-51)54-21-25)15-3-13-53-14-4-16-59-24-34-36(40(59)63)38(26-10-12-30(20-52)55-22-26)57-42(65)61(34)32-8-2-6-28(18-32)44(48,49)50/h1-2,5-12,17-18,21-22,37-39,42,53,57,62,65H,3-4,13-16,23-24H2,(H,56,64)/t37-,38-,39?,42?/m1/s1. The predicted molar refractivity (Wildman–Crippen MR) is 219 cm³/mol. The Morgan fingerprint density at radius 3 is 1.92 bits per heavy atom. The van der Waals surface area contributed by atoms with Crippen LogP contribution >= 0.6 is 0 Å². The van der Waals surface area contributed by atoms with Crippen LogP contribution in [-0.2, 0) is 17.1 Å². The fourth-order valence-corrected chi connectivity index (χ4v) is 8.54. The van der Waals surface area contributed by atoms with E-state index in [9.17, 15) is 56.7 Å². The molecule has 3 amide bonds. The Morgan fingerprint density at radius 2 is 1.34 bits per heavy atom. The Labute approximate surface area is 367 Å². The van der Waals surface area contributed by atoms with E-state index in [1.165, 1.54) is 53.7 Å². The van der Waals surface area contributed by atoms with Crippen LogP contribution in [0.4, 0.5) is 42.5 Å². The van der Waals surface area contributed by atoms with Crippen molar-refractivity contribution in [3.63, 3.8) is 0 Å². The molecule has 0 saturated carbocycles. The van der Waals surface area contributed by atoms with E-state index in [-0.39, 0.29) is 48.0 Å². The molecule has 0 aliphatic carbocycles. The number of carbonyl (C=O) groups excluding carboxylic acids is 2. The Kier molecular flexibility index (Phi) is 12.3. The Morgan fingerprint density at radius 1 is 0.754 bits per heavy atom. The Bertz CT molecular complexity index is 2630. The maximum absolute atomic E-state index is 14.1. The normalized spacial score (nSPS) is 21.4. The van der Waals surface area contributed by atoms with Gasteiger partial charge < -0.3 is 30.6 Å². The Hall–Kier alpha value is -6.88. The summed E-state index contributed by atoms with van der Waals surface area (Å²) in [7, 11) is 0. The summed E-state index contributed by atoms with van der Waals surface area (Å²) >= 11 is 0. The molecule has 8 rings (SSSR count). The molecule has 15 nitrogen and oxygen atoms in total. The molecular weight excluding hydrogens is 861 g/mol. The van der Waals surface area contributed by atoms with E-state index in [2.05, 4.69) is 25.9 Å². The molecule has 0 saturated heterocycles. The molecule has 4 aliphatic rings. The molecule has 2 aromatic heterocycles. The first kappa shape index (κ1) is 44.7. The SMILES string of the molecule is N#Cc1ccc([C@H]2NC(O)N(c3cccc(C(F)(F)F)c3)C3=C2C(=O)N(CCCNCCCN2CC4=C(C2O)[C@@H](c2ccc(C#N)nc2)NC(=O)N4c2cccc(C(F)(F)F)c2)C3)cn1. The average Bonchev–Trinajstić information content (AvgIpc) is 3.79. The average molecular weight is 900 g/mol. The summed E-state index contributed by atoms with van der Waals surface area (Å²) in [6.07, 6.45) is -8.36. The molecule has 4 aromatic rings. The molecule has 6 heterocycles. The number of amides is 3. The third kappa shape index (κ3) is 8.97. The van der Waals surface area contributed by atoms with Crippen molar-refractivity contribution in [2.75, 3.05) is 49.1 Å². The number of nitrogens with zero attached hydrogens (tertiary/aromatic N) is 8. The van der Waals surface area contributed by atoms with Crippen LogP contribution in [0, 0.1) is 22.7 Å². The van der Waals surface area contributed by atoms with Crippen molar-refractivity contribution in [1.29, 1.82) is 10.5 Å². The van der Waals surface area contributed by atoms with Gasteiger partial charge >= 0.3 is 18.4 Å². The lowest BCUT2D eigenvalue weighted by molar-refractivity contribution is -0.138. The lowest BCUT2D eigenvalue weighted by atomic mass is 9.95. The van der Waals surface area contributed by atoms with Crippen molar-refractivity contribution in [2.24, 2.45) is 0 Å². The first-order valence-corrected chi connectivity index (χ1v) is 20.4. The highest BCUT2D eigenvalue weighted by Gasteiger charge is 2.47. The van der Waals surface area contributed by atoms with E-state index in [0.717, 1.165) is 29.2 Å². The molecule has 4 atom stereocenters. The van der Waals surface area contributed by atoms with Crippen LogP contribution in [0.25, 0.3) is 0 Å². The number of nitriles is 2. The smallest absolute Gasteiger partial charge is 0.374 e. The first-order valence-electron chi connectivity index (χ1n) is 20.4. The molecule has 4 aliphatic heterocycles. The zero-order valence-corrected chi connectivity index (χ0v) is 34.1. The van der Waals surface area contributed by atoms with Crippen molar-refractivity contribution in [3.05, 3.63) is 141 Å². The van der Waals surface area contributed by atoms with Crippen molar-refractivity contribution >= 4 is 23.3 Å². The van der Waals surface area contributed by atoms with Gasteiger partial charge in [-0.05, 0) is 85.6 Å². The van der Waals surface area contributed by atoms with Gasteiger partial charge in [0.05, 0.1) is 46.7 Å². The fraction of sp³-hybridized carbons (Fsp3) is 0.318. The number of nitrogens with one attached hydrogen (secondary N) is 3. The number of carbonyl (C=O) groups is 2. The van der Waals surface area contributed by atoms with Crippen LogP contribution < -0.4 is 25.8 Å². The van der Waals surface area contributed by atoms with Crippen LogP contribution in [-0.4, -0.2) is 93.8 Å². The zero-order chi connectivity index (χ0) is 46.2. The molecule has 65 heavy (non-hydrogen) atoms. The summed E-state index contributed by atoms with van der Waals surface area (Å²) in [5, 5.41) is 50.5. The number of aliphatic hydroxyl groups excluding tert-OH is 2. The lowest BCUT2D eigenvalue weighted by Crippen LogP contribution is -2.52. The van der Waals surface area contributed by atoms with Crippen molar-refractivity contribution < 1.29 is 46.1 Å². The van der Waals surface area contributed by atoms with Crippen LogP contribution in [0.5, 0.6) is 0 Å². The monoisotopic (exact) mass is 899 g/mol. The topological polar surface area (TPSA) is 197 Å². The van der Waals surface area contributed by atoms with Gasteiger partial charge in [-0.3, -0.25) is 19.9 Å². The second kappa shape index (κ2) is 17.9. The minimum Gasteiger partial charge on any atom is -0.374 e. The van der Waals surface area contributed by atoms with Crippen LogP contribution in [0.15, 0.2) is 108 Å². The molecule has 0 bridgehead atoms. The van der Waals surface area contributed by atoms with E-state index in [4.69, 9.17) is 0 Å². The van der Waals surface area contributed by atoms with Crippen molar-refractivity contribution in [3.8, 4) is 12.1 Å². The van der Waals surface area contributed by atoms with Crippen LogP contribution in [0.1, 0.15) is 58.6 Å². The fourth-order valence-electron chi connectivity index (χ4n) is 8.54. The molecule has 0 spiro atoms. The van der Waals surface area contributed by atoms with Gasteiger partial charge in [-0.25, -0.2) is 14.8 Å². The third-order valence-electron chi connectivity index (χ3n) is 11.6. The molecule has 21 heteroatoms. The number of hydrogen-bond donors (Lipinski definition) is 5. The summed E-state index contributed by atoms with van der Waals surface area (Å²) in [5.74, 6) is -0.396. The van der Waals surface area contributed by atoms with E-state index in [1.807, 2.05) is 12.1 Å². The number of hydrogen-bond acceptors (Lipinski definition) is 12. The number of halogens is 6. The minimum atomic E-state index is -4.67. The van der Waals surface area contributed by atoms with Crippen molar-refractivity contribution in [1.82, 2.24) is 35.7 Å². The first-order chi connectivity index (χ1) is 31.1. The van der Waals surface area contributed by atoms with Crippen molar-refractivity contribution in [2.45, 2.75) is 49.9 Å². The van der Waals surface area contributed by atoms with Crippen LogP contribution in [0.2, 0.25) is 0 Å². The highest BCUT2D eigenvalue weighted by molar-refractivity contribution is 6.00. The molecule has 2 aromatic carbocycles. The lowest BCUT2D eigenvalue weighted by Gasteiger charge is -2.39. The second-order valence-corrected chi connectivity index (χ2v) is 15.6. The molecule has 5 N–H and O–H groups in total. The summed E-state index contributed by atoms with van der Waals surface area (Å²) in [6, 6.07) is 16.2. The van der Waals surface area contributed by atoms with E-state index < -0.39 is 60.1 Å². The summed E-state index contributed by atoms with van der Waals surface area (Å²) in [4.78, 5) is 41.5. The van der Waals surface area contributed by atoms with E-state index >= 15 is 0 Å². The molecular formula is C44H39F6N11O4. The second-order valence-electron chi connectivity index (χ2n) is 15.6. The number of alkyl halides is 6. The number of urea groups is 1. The number of anilines is 2. The highest BCUT2D eigenvalue weighted by Crippen LogP contribution is 2.43. The van der Waals surface area contributed by atoms with E-state index in [0.29, 0.717) is 60.6 Å². The molecule has 0 radical (unpaired) electrons. The Balaban J connectivity index is 0.916. The number of benzene rings is 2. The number of aliphatic hydroxyl groups is 2. The van der Waals surface area contributed by atoms with Gasteiger partial charge in [0, 0.05) is 49.0 Å². The van der Waals surface area contributed by atoms with Gasteiger partial charge in [0.2, 0.25) is 0 Å². The third-order valence-corrected chi connectivity index (χ3v) is 11.6. The maximum atomic E-state index is 14.1. The quantitative estimate of drug-likeness (QED) is 0.0944. The van der Waals surface area contributed by atoms with Gasteiger partial charge in [0.25, 0.3) is 5.91 Å². The minimum absolute atomic E-state index is 0.0116. The molecule has 2 unspecified atom stereocenters. The zero-order valence-electron chi connectivity index (χ0n) is 34.1. The van der Waals surface area contributed by atoms with Crippen LogP contribution in [0.3, 0.4) is 0 Å². The number of pyridine rings is 2. The predicted octanol–water partition coefficient (Wildman–Crippen LogP) is 5.01. The van der Waals surface area contributed by atoms with E-state index in [1.54, 1.807) is 21.9 Å². The highest BCUT2D eigenvalue weighted by atomic mass is 19.4. The van der Waals surface area contributed by atoms with Gasteiger partial charge in [0.1, 0.15) is 29.8 Å². The van der Waals surface area contributed by atoms with Gasteiger partial charge in [0.15, 0.2) is 6.35 Å². The van der Waals surface area contributed by atoms with Gasteiger partial charge in [-0.15, -0.1) is 0 Å². The summed E-state index contributed by atoms with van der Waals surface area (Å²) in [5.41, 5.74) is 0.457.